The molecule has 0 bridgehead atoms. The van der Waals surface area contributed by atoms with Crippen LogP contribution in [0.4, 0.5) is 5.69 Å². The van der Waals surface area contributed by atoms with Crippen molar-refractivity contribution in [2.24, 2.45) is 0 Å². The molecule has 1 aromatic rings. The number of hydrogen-bond donors (Lipinski definition) is 2. The molecule has 0 aromatic heterocycles. The van der Waals surface area contributed by atoms with Gasteiger partial charge < -0.3 is 15.5 Å². The van der Waals surface area contributed by atoms with E-state index in [1.54, 1.807) is 11.8 Å². The molecule has 1 saturated heterocycles. The first-order chi connectivity index (χ1) is 11.9. The van der Waals surface area contributed by atoms with Crippen molar-refractivity contribution in [3.8, 4) is 0 Å². The van der Waals surface area contributed by atoms with E-state index < -0.39 is 0 Å². The number of aryl methyl sites for hydroxylation is 1. The lowest BCUT2D eigenvalue weighted by atomic mass is 10.1. The highest BCUT2D eigenvalue weighted by atomic mass is 32.2. The Morgan fingerprint density at radius 1 is 1.16 bits per heavy atom. The molecule has 1 heterocycles. The Kier molecular flexibility index (Phi) is 7.31. The fraction of sp³-hybridized carbons (Fsp3) is 0.500. The summed E-state index contributed by atoms with van der Waals surface area (Å²) in [6, 6.07) is 7.72. The Hall–Kier alpha value is -2.02. The minimum atomic E-state index is -0.113. The first-order valence-electron chi connectivity index (χ1n) is 8.43. The van der Waals surface area contributed by atoms with Crippen molar-refractivity contribution in [2.45, 2.75) is 32.7 Å². The van der Waals surface area contributed by atoms with Crippen LogP contribution < -0.4 is 10.6 Å². The van der Waals surface area contributed by atoms with Gasteiger partial charge in [0.05, 0.1) is 11.5 Å². The molecule has 2 N–H and O–H groups in total. The van der Waals surface area contributed by atoms with Crippen LogP contribution in [0.15, 0.2) is 24.3 Å². The molecule has 1 aliphatic rings. The lowest BCUT2D eigenvalue weighted by molar-refractivity contribution is -0.130. The number of nitrogens with one attached hydrogen (secondary N) is 2. The van der Waals surface area contributed by atoms with Gasteiger partial charge in [0.15, 0.2) is 0 Å². The summed E-state index contributed by atoms with van der Waals surface area (Å²) >= 11 is 1.30. The van der Waals surface area contributed by atoms with Crippen LogP contribution in [0.2, 0.25) is 0 Å². The largest absolute Gasteiger partial charge is 0.353 e. The van der Waals surface area contributed by atoms with E-state index in [9.17, 15) is 14.4 Å². The molecule has 0 aliphatic carbocycles. The molecular weight excluding hydrogens is 338 g/mol. The maximum absolute atomic E-state index is 12.0. The minimum Gasteiger partial charge on any atom is -0.353 e. The highest BCUT2D eigenvalue weighted by Gasteiger charge is 2.21. The second kappa shape index (κ2) is 9.46. The van der Waals surface area contributed by atoms with Gasteiger partial charge in [0, 0.05) is 31.7 Å². The Balaban J connectivity index is 1.62. The number of carbonyl (C=O) groups is 3. The minimum absolute atomic E-state index is 0.0605. The third-order valence-electron chi connectivity index (χ3n) is 4.07. The van der Waals surface area contributed by atoms with E-state index in [1.165, 1.54) is 11.8 Å². The molecule has 25 heavy (non-hydrogen) atoms. The molecular formula is C18H25N3O3S. The quantitative estimate of drug-likeness (QED) is 0.808. The lowest BCUT2D eigenvalue weighted by Crippen LogP contribution is -2.46. The third-order valence-corrected chi connectivity index (χ3v) is 5.01. The van der Waals surface area contributed by atoms with Crippen molar-refractivity contribution in [1.82, 2.24) is 10.2 Å². The molecule has 0 unspecified atom stereocenters. The van der Waals surface area contributed by atoms with Crippen molar-refractivity contribution in [2.75, 3.05) is 29.9 Å². The molecule has 0 saturated carbocycles. The molecule has 136 valence electrons. The molecule has 0 radical (unpaired) electrons. The van der Waals surface area contributed by atoms with E-state index in [-0.39, 0.29) is 35.3 Å². The monoisotopic (exact) mass is 363 g/mol. The molecule has 1 aliphatic heterocycles. The summed E-state index contributed by atoms with van der Waals surface area (Å²) in [4.78, 5) is 36.9. The predicted molar refractivity (Wildman–Crippen MR) is 101 cm³/mol. The van der Waals surface area contributed by atoms with Crippen LogP contribution in [0.5, 0.6) is 0 Å². The molecule has 1 fully saturated rings. The Labute approximate surface area is 152 Å². The normalized spacial score (nSPS) is 14.9. The summed E-state index contributed by atoms with van der Waals surface area (Å²) in [5.74, 6) is 0.408. The number of amides is 3. The summed E-state index contributed by atoms with van der Waals surface area (Å²) in [6.45, 7) is 4.91. The number of likely N-dealkylation sites (tertiary alicyclic amines) is 1. The summed E-state index contributed by atoms with van der Waals surface area (Å²) in [7, 11) is 0. The van der Waals surface area contributed by atoms with Gasteiger partial charge in [-0.2, -0.15) is 0 Å². The van der Waals surface area contributed by atoms with E-state index in [1.807, 2.05) is 31.2 Å². The zero-order valence-corrected chi connectivity index (χ0v) is 15.5. The highest BCUT2D eigenvalue weighted by molar-refractivity contribution is 8.00. The average molecular weight is 363 g/mol. The molecule has 6 nitrogen and oxygen atoms in total. The van der Waals surface area contributed by atoms with Crippen LogP contribution in [-0.2, 0) is 14.4 Å². The van der Waals surface area contributed by atoms with Gasteiger partial charge in [-0.15, -0.1) is 11.8 Å². The van der Waals surface area contributed by atoms with Gasteiger partial charge in [-0.3, -0.25) is 14.4 Å². The molecule has 0 spiro atoms. The second-order valence-electron chi connectivity index (χ2n) is 6.26. The maximum Gasteiger partial charge on any atom is 0.234 e. The highest BCUT2D eigenvalue weighted by Crippen LogP contribution is 2.12. The van der Waals surface area contributed by atoms with E-state index in [2.05, 4.69) is 10.6 Å². The number of piperidine rings is 1. The summed E-state index contributed by atoms with van der Waals surface area (Å²) in [5.41, 5.74) is 1.85. The van der Waals surface area contributed by atoms with Crippen LogP contribution >= 0.6 is 11.8 Å². The number of rotatable bonds is 6. The number of benzene rings is 1. The maximum atomic E-state index is 12.0. The summed E-state index contributed by atoms with van der Waals surface area (Å²) in [6.07, 6.45) is 1.56. The molecule has 7 heteroatoms. The molecule has 0 atom stereocenters. The van der Waals surface area contributed by atoms with Gasteiger partial charge in [0.1, 0.15) is 0 Å². The standard InChI is InChI=1S/C18H25N3O3S/c1-13-4-3-5-16(10-13)20-18(24)12-25-11-17(23)19-15-6-8-21(9-7-15)14(2)22/h3-5,10,15H,6-9,11-12H2,1-2H3,(H,19,23)(H,20,24). The Morgan fingerprint density at radius 2 is 1.84 bits per heavy atom. The van der Waals surface area contributed by atoms with Gasteiger partial charge in [0.25, 0.3) is 0 Å². The van der Waals surface area contributed by atoms with Crippen molar-refractivity contribution < 1.29 is 14.4 Å². The third kappa shape index (κ3) is 6.78. The first-order valence-corrected chi connectivity index (χ1v) is 9.58. The van der Waals surface area contributed by atoms with Gasteiger partial charge in [-0.1, -0.05) is 12.1 Å². The topological polar surface area (TPSA) is 78.5 Å². The average Bonchev–Trinajstić information content (AvgIpc) is 2.55. The predicted octanol–water partition coefficient (Wildman–Crippen LogP) is 1.79. The molecule has 3 amide bonds. The van der Waals surface area contributed by atoms with Crippen LogP contribution in [0.3, 0.4) is 0 Å². The van der Waals surface area contributed by atoms with Crippen molar-refractivity contribution in [3.63, 3.8) is 0 Å². The number of carbonyl (C=O) groups excluding carboxylic acids is 3. The fourth-order valence-corrected chi connectivity index (χ4v) is 3.39. The fourth-order valence-electron chi connectivity index (χ4n) is 2.76. The smallest absolute Gasteiger partial charge is 0.234 e. The number of anilines is 1. The van der Waals surface area contributed by atoms with Gasteiger partial charge >= 0.3 is 0 Å². The summed E-state index contributed by atoms with van der Waals surface area (Å²) in [5, 5.41) is 5.80. The Morgan fingerprint density at radius 3 is 2.48 bits per heavy atom. The van der Waals surface area contributed by atoms with Crippen LogP contribution in [0, 0.1) is 6.92 Å². The second-order valence-corrected chi connectivity index (χ2v) is 7.24. The van der Waals surface area contributed by atoms with E-state index in [0.717, 1.165) is 24.1 Å². The van der Waals surface area contributed by atoms with E-state index in [0.29, 0.717) is 13.1 Å². The van der Waals surface area contributed by atoms with Crippen molar-refractivity contribution in [3.05, 3.63) is 29.8 Å². The van der Waals surface area contributed by atoms with Crippen LogP contribution in [0.25, 0.3) is 0 Å². The van der Waals surface area contributed by atoms with Gasteiger partial charge in [-0.25, -0.2) is 0 Å². The number of thioether (sulfide) groups is 1. The molecule has 2 rings (SSSR count). The van der Waals surface area contributed by atoms with Crippen molar-refractivity contribution >= 4 is 35.2 Å². The van der Waals surface area contributed by atoms with Crippen LogP contribution in [-0.4, -0.2) is 53.3 Å². The SMILES string of the molecule is CC(=O)N1CCC(NC(=O)CSCC(=O)Nc2cccc(C)c2)CC1. The zero-order chi connectivity index (χ0) is 18.2. The number of nitrogens with zero attached hydrogens (tertiary/aromatic N) is 1. The van der Waals surface area contributed by atoms with E-state index in [4.69, 9.17) is 0 Å². The van der Waals surface area contributed by atoms with Gasteiger partial charge in [0.2, 0.25) is 17.7 Å². The Bertz CT molecular complexity index is 628. The number of hydrogen-bond acceptors (Lipinski definition) is 4. The lowest BCUT2D eigenvalue weighted by Gasteiger charge is -2.31. The molecule has 1 aromatic carbocycles. The first kappa shape index (κ1) is 19.3. The zero-order valence-electron chi connectivity index (χ0n) is 14.7. The van der Waals surface area contributed by atoms with Crippen molar-refractivity contribution in [1.29, 1.82) is 0 Å². The van der Waals surface area contributed by atoms with Crippen LogP contribution in [0.1, 0.15) is 25.3 Å². The van der Waals surface area contributed by atoms with E-state index >= 15 is 0 Å². The van der Waals surface area contributed by atoms with Gasteiger partial charge in [-0.05, 0) is 37.5 Å². The summed E-state index contributed by atoms with van der Waals surface area (Å²) < 4.78 is 0.